The van der Waals surface area contributed by atoms with Crippen LogP contribution in [0.1, 0.15) is 38.8 Å². The molecular formula is C40H44Cl2N6O2. The Balaban J connectivity index is 0.000000194. The van der Waals surface area contributed by atoms with Crippen molar-refractivity contribution in [1.82, 2.24) is 19.8 Å². The maximum atomic E-state index is 10.2. The molecule has 4 N–H and O–H groups in total. The number of aromatic hydroxyl groups is 2. The molecule has 0 aliphatic carbocycles. The highest BCUT2D eigenvalue weighted by atomic mass is 35.5. The monoisotopic (exact) mass is 710 g/mol. The van der Waals surface area contributed by atoms with Gasteiger partial charge in [0, 0.05) is 80.2 Å². The number of phenols is 2. The van der Waals surface area contributed by atoms with Gasteiger partial charge in [-0.3, -0.25) is 19.8 Å². The average Bonchev–Trinajstić information content (AvgIpc) is 3.12. The number of rotatable bonds is 12. The van der Waals surface area contributed by atoms with E-state index in [0.717, 1.165) is 95.0 Å². The number of hydrogen-bond acceptors (Lipinski definition) is 8. The lowest BCUT2D eigenvalue weighted by atomic mass is 10.1. The number of fused-ring (bicyclic) bond motifs is 2. The summed E-state index contributed by atoms with van der Waals surface area (Å²) in [6, 6.07) is 26.4. The lowest BCUT2D eigenvalue weighted by molar-refractivity contribution is 0.291. The van der Waals surface area contributed by atoms with Crippen molar-refractivity contribution >= 4 is 67.8 Å². The minimum Gasteiger partial charge on any atom is -0.508 e. The lowest BCUT2D eigenvalue weighted by Crippen LogP contribution is -2.22. The van der Waals surface area contributed by atoms with E-state index >= 15 is 0 Å². The first-order valence-corrected chi connectivity index (χ1v) is 17.7. The van der Waals surface area contributed by atoms with Crippen LogP contribution in [-0.4, -0.2) is 56.2 Å². The summed E-state index contributed by atoms with van der Waals surface area (Å²) >= 11 is 12.1. The van der Waals surface area contributed by atoms with Gasteiger partial charge in [0.05, 0.1) is 11.0 Å². The molecule has 0 radical (unpaired) electrons. The number of nitrogens with one attached hydrogen (secondary N) is 2. The van der Waals surface area contributed by atoms with Crippen LogP contribution in [0.25, 0.3) is 21.8 Å². The molecule has 6 aromatic rings. The molecule has 0 spiro atoms. The summed E-state index contributed by atoms with van der Waals surface area (Å²) in [5.41, 5.74) is 7.30. The summed E-state index contributed by atoms with van der Waals surface area (Å²) < 4.78 is 0. The van der Waals surface area contributed by atoms with E-state index in [1.165, 1.54) is 0 Å². The van der Waals surface area contributed by atoms with E-state index in [1.807, 2.05) is 72.8 Å². The molecule has 0 saturated heterocycles. The summed E-state index contributed by atoms with van der Waals surface area (Å²) in [6.07, 6.45) is 3.52. The SMILES string of the molecule is CCN(CC)Cc1cc(Nc2ccnc3cc(Cl)ccc23)ccc1O.CCN(CC)Cc1cc(Nc2ccnc3cc(Cl)ccc23)ccc1O. The normalized spacial score (nSPS) is 11.2. The first-order chi connectivity index (χ1) is 24.2. The van der Waals surface area contributed by atoms with Crippen molar-refractivity contribution in [2.45, 2.75) is 40.8 Å². The molecule has 6 rings (SSSR count). The molecule has 0 aliphatic heterocycles. The maximum Gasteiger partial charge on any atom is 0.120 e. The van der Waals surface area contributed by atoms with Crippen LogP contribution in [0.5, 0.6) is 11.5 Å². The molecule has 10 heteroatoms. The number of hydrogen-bond donors (Lipinski definition) is 4. The lowest BCUT2D eigenvalue weighted by Gasteiger charge is -2.19. The first-order valence-electron chi connectivity index (χ1n) is 16.9. The number of anilines is 4. The van der Waals surface area contributed by atoms with Gasteiger partial charge in [-0.25, -0.2) is 0 Å². The number of aromatic nitrogens is 2. The van der Waals surface area contributed by atoms with E-state index in [0.29, 0.717) is 21.5 Å². The van der Waals surface area contributed by atoms with E-state index in [-0.39, 0.29) is 0 Å². The van der Waals surface area contributed by atoms with Gasteiger partial charge in [-0.2, -0.15) is 0 Å². The number of halogens is 2. The Kier molecular flexibility index (Phi) is 12.7. The quantitative estimate of drug-likeness (QED) is 0.0932. The van der Waals surface area contributed by atoms with Crippen LogP contribution in [0.15, 0.2) is 97.3 Å². The topological polar surface area (TPSA) is 96.8 Å². The number of benzene rings is 4. The first kappa shape index (κ1) is 36.7. The maximum absolute atomic E-state index is 10.2. The van der Waals surface area contributed by atoms with Crippen molar-refractivity contribution in [3.8, 4) is 11.5 Å². The van der Waals surface area contributed by atoms with Gasteiger partial charge in [0.25, 0.3) is 0 Å². The highest BCUT2D eigenvalue weighted by Crippen LogP contribution is 2.31. The fraction of sp³-hybridized carbons (Fsp3) is 0.250. The second-order valence-electron chi connectivity index (χ2n) is 11.9. The highest BCUT2D eigenvalue weighted by molar-refractivity contribution is 6.31. The molecule has 0 fully saturated rings. The molecule has 0 aliphatic rings. The zero-order valence-corrected chi connectivity index (χ0v) is 30.4. The van der Waals surface area contributed by atoms with E-state index in [4.69, 9.17) is 23.2 Å². The third kappa shape index (κ3) is 9.34. The summed E-state index contributed by atoms with van der Waals surface area (Å²) in [4.78, 5) is 13.3. The number of nitrogens with zero attached hydrogens (tertiary/aromatic N) is 4. The van der Waals surface area contributed by atoms with E-state index in [1.54, 1.807) is 24.5 Å². The molecule has 2 heterocycles. The summed E-state index contributed by atoms with van der Waals surface area (Å²) in [7, 11) is 0. The van der Waals surface area contributed by atoms with Crippen LogP contribution >= 0.6 is 23.2 Å². The molecule has 0 bridgehead atoms. The van der Waals surface area contributed by atoms with Gasteiger partial charge in [0.2, 0.25) is 0 Å². The Bertz CT molecular complexity index is 1900. The van der Waals surface area contributed by atoms with Crippen LogP contribution in [0.3, 0.4) is 0 Å². The molecule has 4 aromatic carbocycles. The van der Waals surface area contributed by atoms with Crippen molar-refractivity contribution in [3.05, 3.63) is 118 Å². The Hall–Kier alpha value is -4.60. The summed E-state index contributed by atoms with van der Waals surface area (Å²) in [5.74, 6) is 0.646. The molecule has 50 heavy (non-hydrogen) atoms. The minimum atomic E-state index is 0.323. The fourth-order valence-corrected chi connectivity index (χ4v) is 6.06. The van der Waals surface area contributed by atoms with Gasteiger partial charge in [-0.1, -0.05) is 50.9 Å². The van der Waals surface area contributed by atoms with Gasteiger partial charge in [0.1, 0.15) is 11.5 Å². The Morgan fingerprint density at radius 2 is 0.940 bits per heavy atom. The number of pyridine rings is 2. The van der Waals surface area contributed by atoms with Gasteiger partial charge in [-0.05, 0) is 111 Å². The summed E-state index contributed by atoms with van der Waals surface area (Å²) in [5, 5.41) is 30.5. The van der Waals surface area contributed by atoms with Crippen molar-refractivity contribution in [3.63, 3.8) is 0 Å². The van der Waals surface area contributed by atoms with Gasteiger partial charge in [0.15, 0.2) is 0 Å². The minimum absolute atomic E-state index is 0.323. The van der Waals surface area contributed by atoms with Crippen LogP contribution < -0.4 is 10.6 Å². The van der Waals surface area contributed by atoms with Crippen molar-refractivity contribution in [1.29, 1.82) is 0 Å². The van der Waals surface area contributed by atoms with E-state index in [9.17, 15) is 10.2 Å². The summed E-state index contributed by atoms with van der Waals surface area (Å²) in [6.45, 7) is 13.7. The van der Waals surface area contributed by atoms with Crippen LogP contribution in [0.4, 0.5) is 22.7 Å². The molecule has 260 valence electrons. The molecule has 0 unspecified atom stereocenters. The third-order valence-corrected chi connectivity index (χ3v) is 9.17. The zero-order chi connectivity index (χ0) is 35.6. The highest BCUT2D eigenvalue weighted by Gasteiger charge is 2.11. The largest absolute Gasteiger partial charge is 0.508 e. The molecule has 0 atom stereocenters. The average molecular weight is 712 g/mol. The number of phenolic OH excluding ortho intramolecular Hbond substituents is 2. The molecular weight excluding hydrogens is 667 g/mol. The standard InChI is InChI=1S/2C20H22ClN3O/c2*1-3-24(4-2)13-14-11-16(6-8-20(14)25)23-18-9-10-22-19-12-15(21)5-7-17(18)19/h2*5-12,25H,3-4,13H2,1-2H3,(H,22,23). The molecule has 0 saturated carbocycles. The molecule has 0 amide bonds. The predicted octanol–water partition coefficient (Wildman–Crippen LogP) is 10.4. The Morgan fingerprint density at radius 1 is 0.540 bits per heavy atom. The second kappa shape index (κ2) is 17.4. The van der Waals surface area contributed by atoms with E-state index < -0.39 is 0 Å². The smallest absolute Gasteiger partial charge is 0.120 e. The third-order valence-electron chi connectivity index (χ3n) is 8.70. The van der Waals surface area contributed by atoms with Crippen LogP contribution in [0, 0.1) is 0 Å². The predicted molar refractivity (Wildman–Crippen MR) is 210 cm³/mol. The van der Waals surface area contributed by atoms with Crippen molar-refractivity contribution < 1.29 is 10.2 Å². The molecule has 8 nitrogen and oxygen atoms in total. The molecule has 2 aromatic heterocycles. The zero-order valence-electron chi connectivity index (χ0n) is 28.9. The van der Waals surface area contributed by atoms with Crippen LogP contribution in [-0.2, 0) is 13.1 Å². The van der Waals surface area contributed by atoms with Crippen molar-refractivity contribution in [2.24, 2.45) is 0 Å². The van der Waals surface area contributed by atoms with Gasteiger partial charge < -0.3 is 20.8 Å². The Morgan fingerprint density at radius 3 is 1.32 bits per heavy atom. The van der Waals surface area contributed by atoms with E-state index in [2.05, 4.69) is 58.1 Å². The van der Waals surface area contributed by atoms with Gasteiger partial charge >= 0.3 is 0 Å². The van der Waals surface area contributed by atoms with Crippen LogP contribution in [0.2, 0.25) is 10.0 Å². The fourth-order valence-electron chi connectivity index (χ4n) is 5.73. The van der Waals surface area contributed by atoms with Crippen molar-refractivity contribution in [2.75, 3.05) is 36.8 Å². The Labute approximate surface area is 304 Å². The second-order valence-corrected chi connectivity index (χ2v) is 12.8. The van der Waals surface area contributed by atoms with Gasteiger partial charge in [-0.15, -0.1) is 0 Å².